The van der Waals surface area contributed by atoms with Gasteiger partial charge in [0.2, 0.25) is 11.9 Å². The number of hydrogen-bond donors (Lipinski definition) is 2. The molecule has 12 nitrogen and oxygen atoms in total. The van der Waals surface area contributed by atoms with Gasteiger partial charge in [0.15, 0.2) is 10.8 Å². The first-order valence-corrected chi connectivity index (χ1v) is 14.7. The maximum absolute atomic E-state index is 13.4. The van der Waals surface area contributed by atoms with E-state index in [1.165, 1.54) is 54.6 Å². The van der Waals surface area contributed by atoms with Crippen molar-refractivity contribution in [2.45, 2.75) is 29.4 Å². The van der Waals surface area contributed by atoms with Crippen molar-refractivity contribution in [2.24, 2.45) is 0 Å². The van der Waals surface area contributed by atoms with Crippen molar-refractivity contribution in [1.29, 1.82) is 0 Å². The maximum Gasteiger partial charge on any atom is 0.265 e. The molecule has 1 unspecified atom stereocenters. The molecule has 202 valence electrons. The molecule has 6 rings (SSSR count). The Labute approximate surface area is 232 Å². The predicted molar refractivity (Wildman–Crippen MR) is 150 cm³/mol. The molecular weight excluding hydrogens is 552 g/mol. The summed E-state index contributed by atoms with van der Waals surface area (Å²) < 4.78 is 30.7. The molecule has 5 aromatic rings. The van der Waals surface area contributed by atoms with Gasteiger partial charge in [-0.15, -0.1) is 0 Å². The topological polar surface area (TPSA) is 154 Å². The van der Waals surface area contributed by atoms with Crippen LogP contribution in [-0.4, -0.2) is 49.4 Å². The zero-order valence-electron chi connectivity index (χ0n) is 21.1. The lowest BCUT2D eigenvalue weighted by molar-refractivity contribution is -0.116. The Bertz CT molecular complexity index is 1910. The van der Waals surface area contributed by atoms with E-state index in [0.29, 0.717) is 27.6 Å². The number of amides is 1. The minimum atomic E-state index is -3.89. The minimum Gasteiger partial charge on any atom is -0.326 e. The van der Waals surface area contributed by atoms with Crippen molar-refractivity contribution in [3.8, 4) is 5.69 Å². The molecule has 1 atom stereocenters. The zero-order valence-corrected chi connectivity index (χ0v) is 22.7. The first-order valence-electron chi connectivity index (χ1n) is 12.2. The molecule has 4 heterocycles. The highest BCUT2D eigenvalue weighted by atomic mass is 32.2. The largest absolute Gasteiger partial charge is 0.326 e. The van der Waals surface area contributed by atoms with E-state index in [4.69, 9.17) is 4.98 Å². The zero-order chi connectivity index (χ0) is 27.9. The molecule has 40 heavy (non-hydrogen) atoms. The number of aryl methyl sites for hydroxylation is 1. The fraction of sp³-hybridized carbons (Fsp3) is 0.154. The number of sulfonamides is 1. The van der Waals surface area contributed by atoms with E-state index in [-0.39, 0.29) is 34.8 Å². The van der Waals surface area contributed by atoms with Crippen molar-refractivity contribution in [3.05, 3.63) is 89.1 Å². The number of nitrogens with one attached hydrogen (secondary N) is 2. The van der Waals surface area contributed by atoms with Crippen LogP contribution in [0.1, 0.15) is 18.0 Å². The molecule has 0 saturated heterocycles. The fourth-order valence-electron chi connectivity index (χ4n) is 4.43. The van der Waals surface area contributed by atoms with Crippen molar-refractivity contribution >= 4 is 50.4 Å². The van der Waals surface area contributed by atoms with E-state index < -0.39 is 10.0 Å². The number of fused-ring (bicyclic) bond motifs is 2. The normalized spacial score (nSPS) is 14.7. The van der Waals surface area contributed by atoms with Gasteiger partial charge in [0, 0.05) is 30.3 Å². The molecule has 1 aliphatic heterocycles. The van der Waals surface area contributed by atoms with Crippen molar-refractivity contribution < 1.29 is 13.2 Å². The second kappa shape index (κ2) is 10.2. The lowest BCUT2D eigenvalue weighted by Gasteiger charge is -2.14. The summed E-state index contributed by atoms with van der Waals surface area (Å²) in [6.07, 6.45) is 4.41. The van der Waals surface area contributed by atoms with Crippen LogP contribution in [-0.2, 0) is 14.8 Å². The molecule has 1 aliphatic rings. The van der Waals surface area contributed by atoms with Crippen molar-refractivity contribution in [2.75, 3.05) is 15.8 Å². The number of nitrogens with zero attached hydrogens (tertiary/aromatic N) is 6. The molecule has 2 N–H and O–H groups in total. The van der Waals surface area contributed by atoms with E-state index in [0.717, 1.165) is 11.3 Å². The molecular formula is C26H22N8O4S2. The number of hydrogen-bond acceptors (Lipinski definition) is 9. The summed E-state index contributed by atoms with van der Waals surface area (Å²) >= 11 is 1.42. The molecule has 0 bridgehead atoms. The Morgan fingerprint density at radius 3 is 2.58 bits per heavy atom. The molecule has 3 aromatic heterocycles. The number of carbonyl (C=O) groups excluding carboxylic acids is 1. The van der Waals surface area contributed by atoms with E-state index in [9.17, 15) is 18.0 Å². The van der Waals surface area contributed by atoms with Gasteiger partial charge < -0.3 is 5.32 Å². The van der Waals surface area contributed by atoms with Crippen LogP contribution in [0, 0.1) is 6.92 Å². The highest BCUT2D eigenvalue weighted by Crippen LogP contribution is 2.34. The predicted octanol–water partition coefficient (Wildman–Crippen LogP) is 3.16. The van der Waals surface area contributed by atoms with Gasteiger partial charge in [-0.1, -0.05) is 30.0 Å². The molecule has 2 aromatic carbocycles. The Morgan fingerprint density at radius 1 is 1.07 bits per heavy atom. The van der Waals surface area contributed by atoms with Crippen LogP contribution in [0.5, 0.6) is 0 Å². The second-order valence-corrected chi connectivity index (χ2v) is 11.7. The van der Waals surface area contributed by atoms with Gasteiger partial charge in [0.25, 0.3) is 15.6 Å². The fourth-order valence-corrected chi connectivity index (χ4v) is 6.52. The monoisotopic (exact) mass is 574 g/mol. The SMILES string of the molecule is Cc1ccccc1-n1ncc2c(=O)n3c(nc21)SCC3CC(=O)Nc1ccc(S(=O)(=O)Nc2ncccn2)cc1. The quantitative estimate of drug-likeness (QED) is 0.279. The third-order valence-electron chi connectivity index (χ3n) is 6.38. The van der Waals surface area contributed by atoms with Gasteiger partial charge in [-0.2, -0.15) is 5.10 Å². The summed E-state index contributed by atoms with van der Waals surface area (Å²) in [5.41, 5.74) is 2.50. The van der Waals surface area contributed by atoms with Gasteiger partial charge in [-0.05, 0) is 48.9 Å². The van der Waals surface area contributed by atoms with Crippen molar-refractivity contribution in [3.63, 3.8) is 0 Å². The minimum absolute atomic E-state index is 0.00745. The lowest BCUT2D eigenvalue weighted by Crippen LogP contribution is -2.27. The van der Waals surface area contributed by atoms with E-state index in [1.807, 2.05) is 31.2 Å². The van der Waals surface area contributed by atoms with Crippen LogP contribution in [0.15, 0.2) is 88.0 Å². The second-order valence-electron chi connectivity index (χ2n) is 9.07. The molecule has 0 fully saturated rings. The van der Waals surface area contributed by atoms with Gasteiger partial charge >= 0.3 is 0 Å². The number of thioether (sulfide) groups is 1. The Morgan fingerprint density at radius 2 is 1.82 bits per heavy atom. The summed E-state index contributed by atoms with van der Waals surface area (Å²) in [6, 6.07) is 14.7. The third kappa shape index (κ3) is 4.82. The molecule has 1 amide bonds. The Balaban J connectivity index is 1.17. The number of benzene rings is 2. The third-order valence-corrected chi connectivity index (χ3v) is 8.82. The summed E-state index contributed by atoms with van der Waals surface area (Å²) in [5.74, 6) is 0.163. The molecule has 0 aliphatic carbocycles. The van der Waals surface area contributed by atoms with Gasteiger partial charge in [-0.3, -0.25) is 14.2 Å². The number of anilines is 2. The molecule has 14 heteroatoms. The van der Waals surface area contributed by atoms with Crippen LogP contribution in [0.4, 0.5) is 11.6 Å². The average molecular weight is 575 g/mol. The summed E-state index contributed by atoms with van der Waals surface area (Å²) in [4.78, 5) is 38.7. The number of para-hydroxylation sites is 1. The van der Waals surface area contributed by atoms with Crippen LogP contribution in [0.25, 0.3) is 16.7 Å². The molecule has 0 radical (unpaired) electrons. The maximum atomic E-state index is 13.4. The highest BCUT2D eigenvalue weighted by Gasteiger charge is 2.30. The van der Waals surface area contributed by atoms with Crippen LogP contribution < -0.4 is 15.6 Å². The Hall–Kier alpha value is -4.56. The van der Waals surface area contributed by atoms with Crippen LogP contribution in [0.2, 0.25) is 0 Å². The number of rotatable bonds is 7. The standard InChI is InChI=1S/C26H22N8O4S2/c1-16-5-2-3-6-21(16)34-23-20(14-29-34)24(36)33-18(15-39-26(33)31-23)13-22(35)30-17-7-9-19(10-8-17)40(37,38)32-25-27-11-4-12-28-25/h2-12,14,18H,13,15H2,1H3,(H,30,35)(H,27,28,32). The van der Waals surface area contributed by atoms with Gasteiger partial charge in [0.05, 0.1) is 22.8 Å². The lowest BCUT2D eigenvalue weighted by atomic mass is 10.2. The highest BCUT2D eigenvalue weighted by molar-refractivity contribution is 7.99. The summed E-state index contributed by atoms with van der Waals surface area (Å²) in [7, 11) is -3.89. The average Bonchev–Trinajstić information content (AvgIpc) is 3.54. The van der Waals surface area contributed by atoms with Gasteiger partial charge in [0.1, 0.15) is 5.39 Å². The first kappa shape index (κ1) is 25.7. The Kier molecular flexibility index (Phi) is 6.56. The van der Waals surface area contributed by atoms with Crippen molar-refractivity contribution in [1.82, 2.24) is 29.3 Å². The van der Waals surface area contributed by atoms with E-state index in [1.54, 1.807) is 15.3 Å². The molecule has 0 saturated carbocycles. The summed E-state index contributed by atoms with van der Waals surface area (Å²) in [5, 5.41) is 8.11. The number of carbonyl (C=O) groups is 1. The van der Waals surface area contributed by atoms with Crippen LogP contribution in [0.3, 0.4) is 0 Å². The summed E-state index contributed by atoms with van der Waals surface area (Å²) in [6.45, 7) is 1.97. The van der Waals surface area contributed by atoms with E-state index in [2.05, 4.69) is 25.1 Å². The number of aromatic nitrogens is 6. The van der Waals surface area contributed by atoms with Gasteiger partial charge in [-0.25, -0.2) is 32.8 Å². The van der Waals surface area contributed by atoms with E-state index >= 15 is 0 Å². The first-order chi connectivity index (χ1) is 19.3. The van der Waals surface area contributed by atoms with Crippen LogP contribution >= 0.6 is 11.8 Å². The smallest absolute Gasteiger partial charge is 0.265 e. The molecule has 0 spiro atoms.